The van der Waals surface area contributed by atoms with E-state index in [4.69, 9.17) is 5.11 Å². The van der Waals surface area contributed by atoms with Crippen LogP contribution in [-0.2, 0) is 11.3 Å². The number of nitrogens with one attached hydrogen (secondary N) is 1. The molecule has 0 spiro atoms. The topological polar surface area (TPSA) is 99.2 Å². The van der Waals surface area contributed by atoms with E-state index in [1.54, 1.807) is 26.1 Å². The number of hydrogen-bond acceptors (Lipinski definition) is 5. The maximum Gasteiger partial charge on any atom is 0.328 e. The summed E-state index contributed by atoms with van der Waals surface area (Å²) in [6.07, 6.45) is 2.50. The van der Waals surface area contributed by atoms with Crippen molar-refractivity contribution in [2.24, 2.45) is 0 Å². The van der Waals surface area contributed by atoms with Gasteiger partial charge in [-0.1, -0.05) is 0 Å². The molecule has 0 aromatic carbocycles. The van der Waals surface area contributed by atoms with Crippen LogP contribution in [0.1, 0.15) is 26.2 Å². The summed E-state index contributed by atoms with van der Waals surface area (Å²) in [5, 5.41) is 15.3. The van der Waals surface area contributed by atoms with Crippen molar-refractivity contribution in [1.29, 1.82) is 0 Å². The van der Waals surface area contributed by atoms with Crippen LogP contribution in [0.5, 0.6) is 0 Å². The standard InChI is InChI=1S/C13H14N4O3S/c1-8-14-11(16-15-8)7-17(2)13(20)10-5-3-9(21-10)4-6-12(18)19/h3-6H,7H2,1-2H3,(H,18,19)(H,14,15,16). The number of H-pyrrole nitrogens is 1. The molecule has 8 heteroatoms. The molecular formula is C13H14N4O3S. The van der Waals surface area contributed by atoms with Gasteiger partial charge in [-0.15, -0.1) is 11.3 Å². The van der Waals surface area contributed by atoms with Crippen molar-refractivity contribution < 1.29 is 14.7 Å². The fourth-order valence-corrected chi connectivity index (χ4v) is 2.55. The second-order valence-electron chi connectivity index (χ2n) is 4.37. The average molecular weight is 306 g/mol. The molecule has 110 valence electrons. The van der Waals surface area contributed by atoms with Gasteiger partial charge in [0.15, 0.2) is 5.82 Å². The molecule has 0 atom stereocenters. The Hall–Kier alpha value is -2.48. The lowest BCUT2D eigenvalue weighted by molar-refractivity contribution is -0.131. The number of carboxylic acid groups (broad SMARTS) is 1. The van der Waals surface area contributed by atoms with Gasteiger partial charge in [-0.3, -0.25) is 9.89 Å². The van der Waals surface area contributed by atoms with Gasteiger partial charge < -0.3 is 10.0 Å². The number of carboxylic acids is 1. The predicted molar refractivity (Wildman–Crippen MR) is 77.9 cm³/mol. The van der Waals surface area contributed by atoms with Crippen LogP contribution in [-0.4, -0.2) is 44.1 Å². The van der Waals surface area contributed by atoms with Crippen LogP contribution in [0.3, 0.4) is 0 Å². The number of amides is 1. The molecule has 7 nitrogen and oxygen atoms in total. The minimum Gasteiger partial charge on any atom is -0.478 e. The molecule has 0 fully saturated rings. The number of rotatable bonds is 5. The maximum absolute atomic E-state index is 12.2. The van der Waals surface area contributed by atoms with Gasteiger partial charge in [-0.2, -0.15) is 5.10 Å². The van der Waals surface area contributed by atoms with Gasteiger partial charge in [0.1, 0.15) is 5.82 Å². The van der Waals surface area contributed by atoms with Crippen LogP contribution in [0.25, 0.3) is 6.08 Å². The number of aromatic nitrogens is 3. The second-order valence-corrected chi connectivity index (χ2v) is 5.49. The van der Waals surface area contributed by atoms with E-state index >= 15 is 0 Å². The molecule has 2 N–H and O–H groups in total. The van der Waals surface area contributed by atoms with E-state index in [1.165, 1.54) is 22.3 Å². The highest BCUT2D eigenvalue weighted by Crippen LogP contribution is 2.19. The molecule has 0 radical (unpaired) electrons. The fourth-order valence-electron chi connectivity index (χ4n) is 1.64. The van der Waals surface area contributed by atoms with Gasteiger partial charge in [-0.25, -0.2) is 9.78 Å². The van der Waals surface area contributed by atoms with E-state index in [-0.39, 0.29) is 5.91 Å². The second kappa shape index (κ2) is 6.31. The Kier molecular flexibility index (Phi) is 4.49. The Labute approximate surface area is 124 Å². The van der Waals surface area contributed by atoms with Gasteiger partial charge in [0.2, 0.25) is 0 Å². The zero-order chi connectivity index (χ0) is 15.4. The minimum absolute atomic E-state index is 0.155. The van der Waals surface area contributed by atoms with E-state index in [0.717, 1.165) is 6.08 Å². The summed E-state index contributed by atoms with van der Waals surface area (Å²) >= 11 is 1.24. The van der Waals surface area contributed by atoms with Crippen molar-refractivity contribution >= 4 is 29.3 Å². The highest BCUT2D eigenvalue weighted by atomic mass is 32.1. The highest BCUT2D eigenvalue weighted by Gasteiger charge is 2.15. The lowest BCUT2D eigenvalue weighted by atomic mass is 10.3. The molecule has 2 aromatic rings. The minimum atomic E-state index is -1.02. The molecule has 0 aliphatic rings. The molecule has 2 rings (SSSR count). The Morgan fingerprint density at radius 3 is 2.86 bits per heavy atom. The normalized spacial score (nSPS) is 11.0. The molecule has 0 saturated carbocycles. The Morgan fingerprint density at radius 2 is 2.24 bits per heavy atom. The fraction of sp³-hybridized carbons (Fsp3) is 0.231. The summed E-state index contributed by atoms with van der Waals surface area (Å²) in [6.45, 7) is 2.10. The molecule has 0 aliphatic carbocycles. The number of nitrogens with zero attached hydrogens (tertiary/aromatic N) is 3. The van der Waals surface area contributed by atoms with Crippen molar-refractivity contribution in [3.63, 3.8) is 0 Å². The first-order valence-electron chi connectivity index (χ1n) is 6.10. The molecule has 2 aromatic heterocycles. The smallest absolute Gasteiger partial charge is 0.328 e. The average Bonchev–Trinajstić information content (AvgIpc) is 3.04. The molecule has 0 aliphatic heterocycles. The summed E-state index contributed by atoms with van der Waals surface area (Å²) in [5.74, 6) is 0.0692. The van der Waals surface area contributed by atoms with E-state index < -0.39 is 5.97 Å². The van der Waals surface area contributed by atoms with Gasteiger partial charge in [0.25, 0.3) is 5.91 Å². The van der Waals surface area contributed by atoms with E-state index in [2.05, 4.69) is 15.2 Å². The number of aromatic amines is 1. The van der Waals surface area contributed by atoms with E-state index in [9.17, 15) is 9.59 Å². The zero-order valence-electron chi connectivity index (χ0n) is 11.5. The van der Waals surface area contributed by atoms with Crippen LogP contribution < -0.4 is 0 Å². The number of thiophene rings is 1. The molecule has 0 saturated heterocycles. The lowest BCUT2D eigenvalue weighted by Crippen LogP contribution is -2.26. The monoisotopic (exact) mass is 306 g/mol. The Bertz CT molecular complexity index is 689. The summed E-state index contributed by atoms with van der Waals surface area (Å²) in [4.78, 5) is 29.6. The van der Waals surface area contributed by atoms with Crippen molar-refractivity contribution in [2.75, 3.05) is 7.05 Å². The van der Waals surface area contributed by atoms with Gasteiger partial charge in [0.05, 0.1) is 11.4 Å². The maximum atomic E-state index is 12.2. The van der Waals surface area contributed by atoms with Crippen molar-refractivity contribution in [3.05, 3.63) is 39.6 Å². The molecule has 0 bridgehead atoms. The number of hydrogen-bond donors (Lipinski definition) is 2. The molecule has 2 heterocycles. The zero-order valence-corrected chi connectivity index (χ0v) is 12.3. The largest absolute Gasteiger partial charge is 0.478 e. The summed E-state index contributed by atoms with van der Waals surface area (Å²) in [7, 11) is 1.67. The SMILES string of the molecule is Cc1nc(CN(C)C(=O)c2ccc(C=CC(=O)O)s2)n[nH]1. The van der Waals surface area contributed by atoms with Gasteiger partial charge in [0, 0.05) is 18.0 Å². The van der Waals surface area contributed by atoms with Crippen LogP contribution in [0.2, 0.25) is 0 Å². The predicted octanol–water partition coefficient (Wildman–Crippen LogP) is 1.54. The van der Waals surface area contributed by atoms with Crippen molar-refractivity contribution in [1.82, 2.24) is 20.1 Å². The Balaban J connectivity index is 2.03. The first-order chi connectivity index (χ1) is 9.95. The van der Waals surface area contributed by atoms with Crippen LogP contribution in [0.4, 0.5) is 0 Å². The third-order valence-electron chi connectivity index (χ3n) is 2.60. The number of carbonyl (C=O) groups excluding carboxylic acids is 1. The van der Waals surface area contributed by atoms with E-state index in [0.29, 0.717) is 27.9 Å². The van der Waals surface area contributed by atoms with Gasteiger partial charge >= 0.3 is 5.97 Å². The molecule has 1 amide bonds. The van der Waals surface area contributed by atoms with Crippen LogP contribution in [0, 0.1) is 6.92 Å². The number of aliphatic carboxylic acids is 1. The highest BCUT2D eigenvalue weighted by molar-refractivity contribution is 7.14. The number of carbonyl (C=O) groups is 2. The Morgan fingerprint density at radius 1 is 1.48 bits per heavy atom. The first kappa shape index (κ1) is 14.9. The van der Waals surface area contributed by atoms with Crippen LogP contribution in [0.15, 0.2) is 18.2 Å². The first-order valence-corrected chi connectivity index (χ1v) is 6.91. The van der Waals surface area contributed by atoms with Crippen LogP contribution >= 0.6 is 11.3 Å². The molecule has 21 heavy (non-hydrogen) atoms. The summed E-state index contributed by atoms with van der Waals surface area (Å²) in [6, 6.07) is 3.39. The van der Waals surface area contributed by atoms with E-state index in [1.807, 2.05) is 0 Å². The summed E-state index contributed by atoms with van der Waals surface area (Å²) in [5.41, 5.74) is 0. The number of aryl methyl sites for hydroxylation is 1. The quantitative estimate of drug-likeness (QED) is 0.816. The summed E-state index contributed by atoms with van der Waals surface area (Å²) < 4.78 is 0. The molecule has 0 unspecified atom stereocenters. The molecular weight excluding hydrogens is 292 g/mol. The third-order valence-corrected chi connectivity index (χ3v) is 3.64. The third kappa shape index (κ3) is 3.99. The van der Waals surface area contributed by atoms with Crippen molar-refractivity contribution in [2.45, 2.75) is 13.5 Å². The lowest BCUT2D eigenvalue weighted by Gasteiger charge is -2.13. The van der Waals surface area contributed by atoms with Crippen molar-refractivity contribution in [3.8, 4) is 0 Å². The van der Waals surface area contributed by atoms with Gasteiger partial charge in [-0.05, 0) is 25.1 Å².